The SMILES string of the molecule is Cc1cc(CNC(=O)N2CCSC3(CCCCC3)C2)no1. The van der Waals surface area contributed by atoms with Crippen molar-refractivity contribution in [3.8, 4) is 0 Å². The molecule has 0 bridgehead atoms. The molecule has 5 nitrogen and oxygen atoms in total. The molecule has 2 fully saturated rings. The summed E-state index contributed by atoms with van der Waals surface area (Å²) in [6.45, 7) is 4.03. The van der Waals surface area contributed by atoms with Crippen LogP contribution in [0, 0.1) is 6.92 Å². The van der Waals surface area contributed by atoms with E-state index in [0.717, 1.165) is 30.3 Å². The smallest absolute Gasteiger partial charge is 0.317 e. The predicted octanol–water partition coefficient (Wildman–Crippen LogP) is 2.94. The molecule has 0 atom stereocenters. The van der Waals surface area contributed by atoms with Gasteiger partial charge >= 0.3 is 6.03 Å². The van der Waals surface area contributed by atoms with E-state index in [1.165, 1.54) is 32.1 Å². The van der Waals surface area contributed by atoms with Gasteiger partial charge in [-0.05, 0) is 19.8 Å². The molecule has 1 saturated carbocycles. The van der Waals surface area contributed by atoms with Crippen LogP contribution < -0.4 is 5.32 Å². The Kier molecular flexibility index (Phi) is 4.42. The number of amides is 2. The fraction of sp³-hybridized carbons (Fsp3) is 0.733. The summed E-state index contributed by atoms with van der Waals surface area (Å²) in [5.41, 5.74) is 0.777. The van der Waals surface area contributed by atoms with Crippen molar-refractivity contribution in [1.82, 2.24) is 15.4 Å². The van der Waals surface area contributed by atoms with Crippen molar-refractivity contribution in [2.24, 2.45) is 0 Å². The van der Waals surface area contributed by atoms with Gasteiger partial charge in [-0.3, -0.25) is 0 Å². The molecule has 2 aliphatic rings. The van der Waals surface area contributed by atoms with Crippen LogP contribution in [0.25, 0.3) is 0 Å². The van der Waals surface area contributed by atoms with Crippen LogP contribution in [0.2, 0.25) is 0 Å². The van der Waals surface area contributed by atoms with E-state index in [-0.39, 0.29) is 6.03 Å². The summed E-state index contributed by atoms with van der Waals surface area (Å²) < 4.78 is 5.33. The quantitative estimate of drug-likeness (QED) is 0.912. The maximum absolute atomic E-state index is 12.4. The minimum absolute atomic E-state index is 0.0286. The van der Waals surface area contributed by atoms with Crippen LogP contribution in [0.3, 0.4) is 0 Å². The number of carbonyl (C=O) groups is 1. The lowest BCUT2D eigenvalue weighted by molar-refractivity contribution is 0.184. The minimum Gasteiger partial charge on any atom is -0.361 e. The second-order valence-corrected chi connectivity index (χ2v) is 7.66. The summed E-state index contributed by atoms with van der Waals surface area (Å²) in [4.78, 5) is 14.3. The van der Waals surface area contributed by atoms with Crippen LogP contribution in [0.5, 0.6) is 0 Å². The minimum atomic E-state index is 0.0286. The van der Waals surface area contributed by atoms with Crippen molar-refractivity contribution in [2.75, 3.05) is 18.8 Å². The van der Waals surface area contributed by atoms with E-state index in [4.69, 9.17) is 4.52 Å². The third-order valence-corrected chi connectivity index (χ3v) is 5.93. The summed E-state index contributed by atoms with van der Waals surface area (Å²) in [5.74, 6) is 1.83. The molecule has 2 heterocycles. The van der Waals surface area contributed by atoms with Gasteiger partial charge in [-0.25, -0.2) is 4.79 Å². The number of carbonyl (C=O) groups excluding carboxylic acids is 1. The Morgan fingerprint density at radius 2 is 2.29 bits per heavy atom. The van der Waals surface area contributed by atoms with E-state index >= 15 is 0 Å². The summed E-state index contributed by atoms with van der Waals surface area (Å²) in [6.07, 6.45) is 6.47. The van der Waals surface area contributed by atoms with E-state index in [1.54, 1.807) is 0 Å². The lowest BCUT2D eigenvalue weighted by Gasteiger charge is -2.44. The van der Waals surface area contributed by atoms with E-state index in [1.807, 2.05) is 17.9 Å². The Labute approximate surface area is 129 Å². The Balaban J connectivity index is 1.54. The summed E-state index contributed by atoms with van der Waals surface area (Å²) >= 11 is 2.08. The molecular weight excluding hydrogens is 286 g/mol. The van der Waals surface area contributed by atoms with Crippen LogP contribution in [0.1, 0.15) is 43.6 Å². The average Bonchev–Trinajstić information content (AvgIpc) is 2.91. The number of nitrogens with one attached hydrogen (secondary N) is 1. The number of urea groups is 1. The number of hydrogen-bond acceptors (Lipinski definition) is 4. The van der Waals surface area contributed by atoms with Gasteiger partial charge in [0, 0.05) is 29.7 Å². The average molecular weight is 309 g/mol. The number of aryl methyl sites for hydroxylation is 1. The first-order chi connectivity index (χ1) is 10.2. The zero-order chi connectivity index (χ0) is 14.7. The van der Waals surface area contributed by atoms with Crippen molar-refractivity contribution in [3.63, 3.8) is 0 Å². The summed E-state index contributed by atoms with van der Waals surface area (Å²) in [7, 11) is 0. The van der Waals surface area contributed by atoms with E-state index in [0.29, 0.717) is 11.3 Å². The zero-order valence-electron chi connectivity index (χ0n) is 12.6. The molecule has 1 N–H and O–H groups in total. The van der Waals surface area contributed by atoms with Crippen LogP contribution >= 0.6 is 11.8 Å². The number of hydrogen-bond donors (Lipinski definition) is 1. The van der Waals surface area contributed by atoms with Crippen LogP contribution in [-0.4, -0.2) is 39.7 Å². The lowest BCUT2D eigenvalue weighted by atomic mass is 9.87. The fourth-order valence-corrected chi connectivity index (χ4v) is 4.87. The second kappa shape index (κ2) is 6.30. The molecule has 1 aromatic rings. The molecule has 0 radical (unpaired) electrons. The predicted molar refractivity (Wildman–Crippen MR) is 83.3 cm³/mol. The molecule has 3 rings (SSSR count). The van der Waals surface area contributed by atoms with E-state index in [9.17, 15) is 4.79 Å². The molecule has 1 spiro atoms. The molecule has 1 saturated heterocycles. The maximum atomic E-state index is 12.4. The first-order valence-electron chi connectivity index (χ1n) is 7.76. The largest absolute Gasteiger partial charge is 0.361 e. The Morgan fingerprint density at radius 3 is 3.00 bits per heavy atom. The van der Waals surface area contributed by atoms with E-state index < -0.39 is 0 Å². The molecule has 116 valence electrons. The molecule has 0 unspecified atom stereocenters. The van der Waals surface area contributed by atoms with Crippen LogP contribution in [-0.2, 0) is 6.54 Å². The van der Waals surface area contributed by atoms with Crippen LogP contribution in [0.15, 0.2) is 10.6 Å². The van der Waals surface area contributed by atoms with Crippen molar-refractivity contribution in [3.05, 3.63) is 17.5 Å². The zero-order valence-corrected chi connectivity index (χ0v) is 13.4. The molecule has 1 aliphatic heterocycles. The van der Waals surface area contributed by atoms with Crippen LogP contribution in [0.4, 0.5) is 4.79 Å². The van der Waals surface area contributed by atoms with Crippen molar-refractivity contribution in [1.29, 1.82) is 0 Å². The standard InChI is InChI=1S/C15H23N3O2S/c1-12-9-13(17-20-12)10-16-14(19)18-7-8-21-15(11-18)5-3-2-4-6-15/h9H,2-8,10-11H2,1H3,(H,16,19). The Bertz CT molecular complexity index is 491. The molecule has 0 aromatic carbocycles. The number of nitrogens with zero attached hydrogens (tertiary/aromatic N) is 2. The van der Waals surface area contributed by atoms with Gasteiger partial charge in [-0.1, -0.05) is 24.4 Å². The van der Waals surface area contributed by atoms with Gasteiger partial charge in [0.25, 0.3) is 0 Å². The molecule has 2 amide bonds. The first-order valence-corrected chi connectivity index (χ1v) is 8.74. The van der Waals surface area contributed by atoms with Crippen molar-refractivity contribution < 1.29 is 9.32 Å². The van der Waals surface area contributed by atoms with Gasteiger partial charge in [0.05, 0.1) is 6.54 Å². The van der Waals surface area contributed by atoms with E-state index in [2.05, 4.69) is 22.2 Å². The van der Waals surface area contributed by atoms with Gasteiger partial charge in [0.15, 0.2) is 0 Å². The Morgan fingerprint density at radius 1 is 1.48 bits per heavy atom. The van der Waals surface area contributed by atoms with Gasteiger partial charge in [-0.2, -0.15) is 11.8 Å². The number of aromatic nitrogens is 1. The molecule has 1 aromatic heterocycles. The van der Waals surface area contributed by atoms with Gasteiger partial charge in [-0.15, -0.1) is 0 Å². The number of thioether (sulfide) groups is 1. The summed E-state index contributed by atoms with van der Waals surface area (Å²) in [6, 6.07) is 1.88. The topological polar surface area (TPSA) is 58.4 Å². The highest BCUT2D eigenvalue weighted by atomic mass is 32.2. The highest BCUT2D eigenvalue weighted by molar-refractivity contribution is 8.00. The first kappa shape index (κ1) is 14.8. The third-order valence-electron chi connectivity index (χ3n) is 4.40. The fourth-order valence-electron chi connectivity index (χ4n) is 3.30. The molecule has 6 heteroatoms. The highest BCUT2D eigenvalue weighted by Gasteiger charge is 2.38. The van der Waals surface area contributed by atoms with Gasteiger partial charge in [0.2, 0.25) is 0 Å². The summed E-state index contributed by atoms with van der Waals surface area (Å²) in [5, 5.41) is 6.86. The molecular formula is C15H23N3O2S. The molecule has 21 heavy (non-hydrogen) atoms. The molecule has 1 aliphatic carbocycles. The number of rotatable bonds is 2. The van der Waals surface area contributed by atoms with Crippen molar-refractivity contribution >= 4 is 17.8 Å². The maximum Gasteiger partial charge on any atom is 0.317 e. The van der Waals surface area contributed by atoms with Gasteiger partial charge < -0.3 is 14.7 Å². The third kappa shape index (κ3) is 3.54. The lowest BCUT2D eigenvalue weighted by Crippen LogP contribution is -2.52. The Hall–Kier alpha value is -1.17. The highest BCUT2D eigenvalue weighted by Crippen LogP contribution is 2.42. The van der Waals surface area contributed by atoms with Gasteiger partial charge in [0.1, 0.15) is 11.5 Å². The second-order valence-electron chi connectivity index (χ2n) is 6.10. The monoisotopic (exact) mass is 309 g/mol. The van der Waals surface area contributed by atoms with Crippen molar-refractivity contribution in [2.45, 2.75) is 50.3 Å². The normalized spacial score (nSPS) is 21.5.